The number of carbonyl (C=O) groups is 1. The van der Waals surface area contributed by atoms with Gasteiger partial charge in [0.25, 0.3) is 0 Å². The highest BCUT2D eigenvalue weighted by atomic mass is 16.2. The number of rotatable bonds is 4. The van der Waals surface area contributed by atoms with Crippen molar-refractivity contribution in [2.75, 3.05) is 13.1 Å². The third kappa shape index (κ3) is 1.92. The molecule has 0 spiro atoms. The molecule has 80 valence electrons. The number of amides is 1. The Balaban J connectivity index is 1.86. The molecule has 0 saturated heterocycles. The molecule has 0 unspecified atom stereocenters. The van der Waals surface area contributed by atoms with Crippen molar-refractivity contribution >= 4 is 5.91 Å². The molecule has 3 N–H and O–H groups in total. The van der Waals surface area contributed by atoms with Crippen LogP contribution < -0.4 is 11.1 Å². The Morgan fingerprint density at radius 3 is 2.50 bits per heavy atom. The minimum Gasteiger partial charge on any atom is -0.355 e. The van der Waals surface area contributed by atoms with Crippen molar-refractivity contribution in [3.8, 4) is 0 Å². The van der Waals surface area contributed by atoms with Crippen LogP contribution in [0, 0.1) is 11.3 Å². The summed E-state index contributed by atoms with van der Waals surface area (Å²) in [6, 6.07) is 0. The van der Waals surface area contributed by atoms with Crippen LogP contribution in [-0.4, -0.2) is 19.0 Å². The summed E-state index contributed by atoms with van der Waals surface area (Å²) in [6.07, 6.45) is 6.87. The van der Waals surface area contributed by atoms with Crippen LogP contribution in [0.5, 0.6) is 0 Å². The molecule has 14 heavy (non-hydrogen) atoms. The first-order chi connectivity index (χ1) is 6.77. The van der Waals surface area contributed by atoms with Gasteiger partial charge < -0.3 is 11.1 Å². The van der Waals surface area contributed by atoms with Crippen molar-refractivity contribution in [3.05, 3.63) is 0 Å². The molecule has 0 radical (unpaired) electrons. The van der Waals surface area contributed by atoms with Crippen LogP contribution in [0.2, 0.25) is 0 Å². The summed E-state index contributed by atoms with van der Waals surface area (Å²) in [5.41, 5.74) is 5.52. The SMILES string of the molecule is NCC1(C(=O)NCC2CC2)CCCC1. The number of hydrogen-bond acceptors (Lipinski definition) is 2. The van der Waals surface area contributed by atoms with Gasteiger partial charge >= 0.3 is 0 Å². The zero-order valence-electron chi connectivity index (χ0n) is 8.72. The van der Waals surface area contributed by atoms with Gasteiger partial charge in [-0.05, 0) is 31.6 Å². The smallest absolute Gasteiger partial charge is 0.227 e. The first-order valence-corrected chi connectivity index (χ1v) is 5.75. The van der Waals surface area contributed by atoms with Crippen molar-refractivity contribution in [1.29, 1.82) is 0 Å². The maximum Gasteiger partial charge on any atom is 0.227 e. The summed E-state index contributed by atoms with van der Waals surface area (Å²) < 4.78 is 0. The molecule has 3 nitrogen and oxygen atoms in total. The van der Waals surface area contributed by atoms with Gasteiger partial charge in [0.05, 0.1) is 5.41 Å². The Labute approximate surface area is 85.4 Å². The van der Waals surface area contributed by atoms with E-state index in [1.807, 2.05) is 0 Å². The van der Waals surface area contributed by atoms with Gasteiger partial charge in [0.2, 0.25) is 5.91 Å². The predicted octanol–water partition coefficient (Wildman–Crippen LogP) is 1.03. The van der Waals surface area contributed by atoms with Crippen LogP contribution in [0.15, 0.2) is 0 Å². The molecule has 0 atom stereocenters. The average molecular weight is 196 g/mol. The molecular formula is C11H20N2O. The average Bonchev–Trinajstić information content (AvgIpc) is 2.90. The molecule has 2 fully saturated rings. The lowest BCUT2D eigenvalue weighted by atomic mass is 9.85. The Hall–Kier alpha value is -0.570. The third-order valence-electron chi connectivity index (χ3n) is 3.68. The quantitative estimate of drug-likeness (QED) is 0.705. The minimum absolute atomic E-state index is 0.212. The van der Waals surface area contributed by atoms with E-state index < -0.39 is 0 Å². The molecule has 0 aromatic carbocycles. The first kappa shape index (κ1) is 9.97. The number of carbonyl (C=O) groups excluding carboxylic acids is 1. The van der Waals surface area contributed by atoms with Gasteiger partial charge in [-0.25, -0.2) is 0 Å². The van der Waals surface area contributed by atoms with Gasteiger partial charge in [-0.3, -0.25) is 4.79 Å². The highest BCUT2D eigenvalue weighted by molar-refractivity contribution is 5.83. The van der Waals surface area contributed by atoms with Crippen LogP contribution in [0.25, 0.3) is 0 Å². The third-order valence-corrected chi connectivity index (χ3v) is 3.68. The summed E-state index contributed by atoms with van der Waals surface area (Å²) in [6.45, 7) is 1.39. The largest absolute Gasteiger partial charge is 0.355 e. The predicted molar refractivity (Wildman–Crippen MR) is 55.7 cm³/mol. The number of nitrogens with two attached hydrogens (primary N) is 1. The Morgan fingerprint density at radius 1 is 1.36 bits per heavy atom. The van der Waals surface area contributed by atoms with E-state index in [-0.39, 0.29) is 11.3 Å². The van der Waals surface area contributed by atoms with Crippen molar-refractivity contribution in [2.45, 2.75) is 38.5 Å². The van der Waals surface area contributed by atoms with Crippen LogP contribution in [-0.2, 0) is 4.79 Å². The molecule has 0 aromatic heterocycles. The fraction of sp³-hybridized carbons (Fsp3) is 0.909. The Morgan fingerprint density at radius 2 is 2.00 bits per heavy atom. The van der Waals surface area contributed by atoms with E-state index in [1.165, 1.54) is 12.8 Å². The fourth-order valence-corrected chi connectivity index (χ4v) is 2.32. The lowest BCUT2D eigenvalue weighted by Gasteiger charge is -2.25. The summed E-state index contributed by atoms with van der Waals surface area (Å²) >= 11 is 0. The second-order valence-electron chi connectivity index (χ2n) is 4.84. The minimum atomic E-state index is -0.213. The van der Waals surface area contributed by atoms with Crippen LogP contribution in [0.4, 0.5) is 0 Å². The van der Waals surface area contributed by atoms with E-state index in [9.17, 15) is 4.79 Å². The van der Waals surface area contributed by atoms with Crippen molar-refractivity contribution in [3.63, 3.8) is 0 Å². The Bertz CT molecular complexity index is 217. The van der Waals surface area contributed by atoms with Gasteiger partial charge in [0.15, 0.2) is 0 Å². The van der Waals surface area contributed by atoms with Crippen LogP contribution in [0.3, 0.4) is 0 Å². The topological polar surface area (TPSA) is 55.1 Å². The van der Waals surface area contributed by atoms with Gasteiger partial charge in [-0.15, -0.1) is 0 Å². The molecule has 3 heteroatoms. The summed E-state index contributed by atoms with van der Waals surface area (Å²) in [4.78, 5) is 11.9. The van der Waals surface area contributed by atoms with E-state index in [0.717, 1.165) is 38.1 Å². The normalized spacial score (nSPS) is 24.9. The second kappa shape index (κ2) is 3.89. The standard InChI is InChI=1S/C11H20N2O/c12-8-11(5-1-2-6-11)10(14)13-7-9-3-4-9/h9H,1-8,12H2,(H,13,14). The first-order valence-electron chi connectivity index (χ1n) is 5.75. The molecule has 0 bridgehead atoms. The van der Waals surface area contributed by atoms with E-state index in [0.29, 0.717) is 6.54 Å². The van der Waals surface area contributed by atoms with Crippen molar-refractivity contribution in [2.24, 2.45) is 17.1 Å². The van der Waals surface area contributed by atoms with Gasteiger partial charge in [0, 0.05) is 13.1 Å². The van der Waals surface area contributed by atoms with Gasteiger partial charge in [0.1, 0.15) is 0 Å². The summed E-state index contributed by atoms with van der Waals surface area (Å²) in [7, 11) is 0. The zero-order valence-corrected chi connectivity index (χ0v) is 8.72. The monoisotopic (exact) mass is 196 g/mol. The van der Waals surface area contributed by atoms with E-state index in [2.05, 4.69) is 5.32 Å². The molecule has 2 aliphatic carbocycles. The number of nitrogens with one attached hydrogen (secondary N) is 1. The molecule has 0 heterocycles. The maximum absolute atomic E-state index is 11.9. The molecular weight excluding hydrogens is 176 g/mol. The summed E-state index contributed by atoms with van der Waals surface area (Å²) in [5.74, 6) is 0.972. The lowest BCUT2D eigenvalue weighted by Crippen LogP contribution is -2.44. The Kier molecular flexibility index (Phi) is 2.77. The molecule has 0 aromatic rings. The van der Waals surface area contributed by atoms with Crippen molar-refractivity contribution < 1.29 is 4.79 Å². The van der Waals surface area contributed by atoms with E-state index in [1.54, 1.807) is 0 Å². The molecule has 2 saturated carbocycles. The maximum atomic E-state index is 11.9. The fourth-order valence-electron chi connectivity index (χ4n) is 2.32. The molecule has 1 amide bonds. The lowest BCUT2D eigenvalue weighted by molar-refractivity contribution is -0.130. The van der Waals surface area contributed by atoms with E-state index in [4.69, 9.17) is 5.73 Å². The van der Waals surface area contributed by atoms with Gasteiger partial charge in [-0.2, -0.15) is 0 Å². The summed E-state index contributed by atoms with van der Waals surface area (Å²) in [5, 5.41) is 3.06. The van der Waals surface area contributed by atoms with Gasteiger partial charge in [-0.1, -0.05) is 12.8 Å². The highest BCUT2D eigenvalue weighted by Gasteiger charge is 2.40. The molecule has 2 aliphatic rings. The van der Waals surface area contributed by atoms with E-state index >= 15 is 0 Å². The zero-order chi connectivity index (χ0) is 10.0. The van der Waals surface area contributed by atoms with Crippen LogP contribution >= 0.6 is 0 Å². The number of hydrogen-bond donors (Lipinski definition) is 2. The molecule has 2 rings (SSSR count). The van der Waals surface area contributed by atoms with Crippen molar-refractivity contribution in [1.82, 2.24) is 5.32 Å². The highest BCUT2D eigenvalue weighted by Crippen LogP contribution is 2.37. The second-order valence-corrected chi connectivity index (χ2v) is 4.84. The van der Waals surface area contributed by atoms with Crippen LogP contribution in [0.1, 0.15) is 38.5 Å². The molecule has 0 aliphatic heterocycles.